The number of nitrogens with two attached hydrogens (primary N) is 1. The van der Waals surface area contributed by atoms with Gasteiger partial charge in [-0.3, -0.25) is 4.79 Å². The zero-order valence-corrected chi connectivity index (χ0v) is 12.0. The van der Waals surface area contributed by atoms with Gasteiger partial charge in [0.2, 0.25) is 0 Å². The van der Waals surface area contributed by atoms with Crippen LogP contribution in [0, 0.1) is 11.3 Å². The average molecular weight is 280 g/mol. The fourth-order valence-corrected chi connectivity index (χ4v) is 2.08. The van der Waals surface area contributed by atoms with E-state index in [1.165, 1.54) is 6.08 Å². The van der Waals surface area contributed by atoms with Crippen molar-refractivity contribution in [1.82, 2.24) is 0 Å². The van der Waals surface area contributed by atoms with Crippen LogP contribution in [-0.2, 0) is 4.79 Å². The number of benzene rings is 2. The first-order valence-corrected chi connectivity index (χ1v) is 6.63. The summed E-state index contributed by atoms with van der Waals surface area (Å²) in [6.07, 6.45) is 1.47. The van der Waals surface area contributed by atoms with Crippen molar-refractivity contribution in [3.8, 4) is 11.8 Å². The maximum Gasteiger partial charge on any atom is 0.259 e. The highest BCUT2D eigenvalue weighted by atomic mass is 16.5. The second-order valence-electron chi connectivity index (χ2n) is 4.90. The zero-order chi connectivity index (χ0) is 15.4. The van der Waals surface area contributed by atoms with E-state index in [0.29, 0.717) is 11.3 Å². The normalized spacial score (nSPS) is 11.4. The molecule has 0 atom stereocenters. The van der Waals surface area contributed by atoms with Crippen molar-refractivity contribution < 1.29 is 9.53 Å². The highest BCUT2D eigenvalue weighted by Gasteiger charge is 2.11. The summed E-state index contributed by atoms with van der Waals surface area (Å²) in [5.74, 6) is -0.126. The van der Waals surface area contributed by atoms with E-state index >= 15 is 0 Å². The molecule has 0 bridgehead atoms. The number of nitrogens with zero attached hydrogens (tertiary/aromatic N) is 1. The van der Waals surface area contributed by atoms with Crippen LogP contribution in [0.1, 0.15) is 19.4 Å². The largest absolute Gasteiger partial charge is 0.490 e. The van der Waals surface area contributed by atoms with Crippen LogP contribution in [0.25, 0.3) is 16.8 Å². The molecule has 0 heterocycles. The minimum Gasteiger partial charge on any atom is -0.490 e. The maximum atomic E-state index is 11.3. The minimum atomic E-state index is -0.749. The number of amides is 1. The third-order valence-electron chi connectivity index (χ3n) is 2.97. The van der Waals surface area contributed by atoms with Gasteiger partial charge in [0.05, 0.1) is 6.10 Å². The number of fused-ring (bicyclic) bond motifs is 1. The maximum absolute atomic E-state index is 11.3. The third kappa shape index (κ3) is 3.21. The number of nitriles is 1. The number of hydrogen-bond acceptors (Lipinski definition) is 3. The highest BCUT2D eigenvalue weighted by Crippen LogP contribution is 2.30. The summed E-state index contributed by atoms with van der Waals surface area (Å²) in [6.45, 7) is 3.84. The molecule has 0 aliphatic carbocycles. The minimum absolute atomic E-state index is 0.0163. The number of ether oxygens (including phenoxy) is 1. The Labute approximate surface area is 123 Å². The van der Waals surface area contributed by atoms with E-state index in [0.717, 1.165) is 10.8 Å². The van der Waals surface area contributed by atoms with E-state index in [1.807, 2.05) is 56.3 Å². The lowest BCUT2D eigenvalue weighted by molar-refractivity contribution is -0.114. The molecule has 106 valence electrons. The van der Waals surface area contributed by atoms with Gasteiger partial charge in [-0.05, 0) is 36.8 Å². The molecular weight excluding hydrogens is 264 g/mol. The molecule has 0 saturated carbocycles. The molecule has 4 heteroatoms. The number of carbonyl (C=O) groups excluding carboxylic acids is 1. The Balaban J connectivity index is 2.72. The van der Waals surface area contributed by atoms with Gasteiger partial charge in [-0.2, -0.15) is 5.26 Å². The van der Waals surface area contributed by atoms with E-state index in [-0.39, 0.29) is 11.7 Å². The zero-order valence-electron chi connectivity index (χ0n) is 12.0. The van der Waals surface area contributed by atoms with Crippen molar-refractivity contribution in [2.75, 3.05) is 0 Å². The lowest BCUT2D eigenvalue weighted by atomic mass is 10.0. The van der Waals surface area contributed by atoms with Crippen molar-refractivity contribution >= 4 is 22.8 Å². The van der Waals surface area contributed by atoms with Gasteiger partial charge < -0.3 is 10.5 Å². The second kappa shape index (κ2) is 6.10. The van der Waals surface area contributed by atoms with Crippen LogP contribution in [0.15, 0.2) is 42.0 Å². The standard InChI is InChI=1S/C17H16N2O2/c1-11(2)21-16-8-7-12-5-3-4-6-14(12)15(16)9-13(10-18)17(19)20/h3-9,11H,1-2H3,(H2,19,20)/b13-9+. The summed E-state index contributed by atoms with van der Waals surface area (Å²) in [6, 6.07) is 13.3. The lowest BCUT2D eigenvalue weighted by Gasteiger charge is -2.14. The van der Waals surface area contributed by atoms with Crippen molar-refractivity contribution in [3.63, 3.8) is 0 Å². The van der Waals surface area contributed by atoms with E-state index in [2.05, 4.69) is 0 Å². The molecule has 2 rings (SSSR count). The summed E-state index contributed by atoms with van der Waals surface area (Å²) in [7, 11) is 0. The van der Waals surface area contributed by atoms with Gasteiger partial charge in [-0.15, -0.1) is 0 Å². The molecule has 0 unspecified atom stereocenters. The Morgan fingerprint density at radius 2 is 2.00 bits per heavy atom. The Kier molecular flexibility index (Phi) is 4.24. The summed E-state index contributed by atoms with van der Waals surface area (Å²) in [5, 5.41) is 11.0. The van der Waals surface area contributed by atoms with Crippen LogP contribution in [0.3, 0.4) is 0 Å². The summed E-state index contributed by atoms with van der Waals surface area (Å²) < 4.78 is 5.77. The Bertz CT molecular complexity index is 755. The first-order chi connectivity index (χ1) is 10.0. The molecule has 0 aliphatic heterocycles. The SMILES string of the molecule is CC(C)Oc1ccc2ccccc2c1/C=C(\C#N)C(N)=O. The molecule has 0 spiro atoms. The number of rotatable bonds is 4. The molecule has 0 aromatic heterocycles. The summed E-state index contributed by atoms with van der Waals surface area (Å²) >= 11 is 0. The van der Waals surface area contributed by atoms with Gasteiger partial charge >= 0.3 is 0 Å². The first-order valence-electron chi connectivity index (χ1n) is 6.63. The molecule has 1 amide bonds. The van der Waals surface area contributed by atoms with Crippen LogP contribution in [0.5, 0.6) is 5.75 Å². The highest BCUT2D eigenvalue weighted by molar-refractivity contribution is 6.04. The first kappa shape index (κ1) is 14.6. The van der Waals surface area contributed by atoms with Crippen LogP contribution in [0.2, 0.25) is 0 Å². The average Bonchev–Trinajstić information content (AvgIpc) is 2.45. The van der Waals surface area contributed by atoms with Crippen molar-refractivity contribution in [3.05, 3.63) is 47.5 Å². The van der Waals surface area contributed by atoms with Crippen molar-refractivity contribution in [2.45, 2.75) is 20.0 Å². The molecule has 0 fully saturated rings. The molecule has 2 aromatic rings. The molecule has 21 heavy (non-hydrogen) atoms. The Morgan fingerprint density at radius 1 is 1.29 bits per heavy atom. The van der Waals surface area contributed by atoms with Crippen molar-refractivity contribution in [2.24, 2.45) is 5.73 Å². The van der Waals surface area contributed by atoms with Crippen molar-refractivity contribution in [1.29, 1.82) is 5.26 Å². The van der Waals surface area contributed by atoms with Crippen LogP contribution in [-0.4, -0.2) is 12.0 Å². The monoisotopic (exact) mass is 280 g/mol. The predicted octanol–water partition coefficient (Wildman–Crippen LogP) is 3.02. The molecule has 2 aromatic carbocycles. The molecule has 2 N–H and O–H groups in total. The number of hydrogen-bond donors (Lipinski definition) is 1. The molecular formula is C17H16N2O2. The summed E-state index contributed by atoms with van der Waals surface area (Å²) in [4.78, 5) is 11.3. The Morgan fingerprint density at radius 3 is 2.62 bits per heavy atom. The van der Waals surface area contributed by atoms with Gasteiger partial charge in [0.15, 0.2) is 0 Å². The number of primary amides is 1. The molecule has 4 nitrogen and oxygen atoms in total. The van der Waals surface area contributed by atoms with Gasteiger partial charge in [0.25, 0.3) is 5.91 Å². The van der Waals surface area contributed by atoms with E-state index in [1.54, 1.807) is 0 Å². The third-order valence-corrected chi connectivity index (χ3v) is 2.97. The van der Waals surface area contributed by atoms with E-state index < -0.39 is 5.91 Å². The molecule has 0 radical (unpaired) electrons. The lowest BCUT2D eigenvalue weighted by Crippen LogP contribution is -2.13. The van der Waals surface area contributed by atoms with E-state index in [9.17, 15) is 4.79 Å². The number of carbonyl (C=O) groups is 1. The predicted molar refractivity (Wildman–Crippen MR) is 82.5 cm³/mol. The van der Waals surface area contributed by atoms with Gasteiger partial charge in [-0.1, -0.05) is 30.3 Å². The fourth-order valence-electron chi connectivity index (χ4n) is 2.08. The molecule has 0 saturated heterocycles. The second-order valence-corrected chi connectivity index (χ2v) is 4.90. The smallest absolute Gasteiger partial charge is 0.259 e. The Hall–Kier alpha value is -2.80. The summed E-state index contributed by atoms with van der Waals surface area (Å²) in [5.41, 5.74) is 5.81. The van der Waals surface area contributed by atoms with Crippen LogP contribution < -0.4 is 10.5 Å². The van der Waals surface area contributed by atoms with Crippen LogP contribution in [0.4, 0.5) is 0 Å². The quantitative estimate of drug-likeness (QED) is 0.691. The topological polar surface area (TPSA) is 76.1 Å². The fraction of sp³-hybridized carbons (Fsp3) is 0.176. The van der Waals surface area contributed by atoms with Gasteiger partial charge in [-0.25, -0.2) is 0 Å². The van der Waals surface area contributed by atoms with E-state index in [4.69, 9.17) is 15.7 Å². The van der Waals surface area contributed by atoms with Crippen LogP contribution >= 0.6 is 0 Å². The van der Waals surface area contributed by atoms with Gasteiger partial charge in [0.1, 0.15) is 17.4 Å². The van der Waals surface area contributed by atoms with Gasteiger partial charge in [0, 0.05) is 5.56 Å². The molecule has 0 aliphatic rings.